The summed E-state index contributed by atoms with van der Waals surface area (Å²) in [5, 5.41) is 56.2. The molecule has 0 heterocycles. The molecule has 0 aromatic heterocycles. The zero-order valence-corrected chi connectivity index (χ0v) is 12.0. The topological polar surface area (TPSA) is 156 Å². The van der Waals surface area contributed by atoms with Crippen LogP contribution < -0.4 is 0 Å². The number of carboxylic acid groups (broad SMARTS) is 1. The maximum atomic E-state index is 12.2. The zero-order chi connectivity index (χ0) is 18.0. The van der Waals surface area contributed by atoms with Crippen LogP contribution in [0.4, 0.5) is 0 Å². The standard InChI is InChI=1S/C16H12O8/c17-9-3-1-7(5-11(9)19)2-4-10(18)13-8(16(23)24)6-12(20)14(21)15(13)22/h1-6,17,19-22H,(H,23,24). The van der Waals surface area contributed by atoms with Gasteiger partial charge in [0, 0.05) is 0 Å². The van der Waals surface area contributed by atoms with Crippen LogP contribution in [0.25, 0.3) is 6.08 Å². The Kier molecular flexibility index (Phi) is 4.32. The van der Waals surface area contributed by atoms with Gasteiger partial charge in [-0.2, -0.15) is 0 Å². The molecule has 0 radical (unpaired) electrons. The van der Waals surface area contributed by atoms with E-state index in [2.05, 4.69) is 0 Å². The molecule has 2 rings (SSSR count). The molecule has 0 aliphatic rings. The van der Waals surface area contributed by atoms with E-state index in [9.17, 15) is 35.1 Å². The highest BCUT2D eigenvalue weighted by atomic mass is 16.4. The second-order valence-corrected chi connectivity index (χ2v) is 4.77. The molecule has 0 spiro atoms. The lowest BCUT2D eigenvalue weighted by molar-refractivity contribution is 0.0691. The van der Waals surface area contributed by atoms with E-state index in [1.807, 2.05) is 0 Å². The molecule has 2 aromatic rings. The molecule has 0 fully saturated rings. The molecule has 8 heteroatoms. The van der Waals surface area contributed by atoms with Gasteiger partial charge in [0.25, 0.3) is 0 Å². The SMILES string of the molecule is O=C(O)c1cc(O)c(O)c(O)c1C(=O)C=Cc1ccc(O)c(O)c1. The first kappa shape index (κ1) is 16.7. The van der Waals surface area contributed by atoms with E-state index >= 15 is 0 Å². The van der Waals surface area contributed by atoms with Crippen LogP contribution >= 0.6 is 0 Å². The number of phenols is 5. The van der Waals surface area contributed by atoms with E-state index in [4.69, 9.17) is 5.11 Å². The number of aromatic carboxylic acids is 1. The average molecular weight is 332 g/mol. The van der Waals surface area contributed by atoms with Crippen LogP contribution in [0.3, 0.4) is 0 Å². The number of rotatable bonds is 4. The second kappa shape index (κ2) is 6.21. The van der Waals surface area contributed by atoms with E-state index in [0.29, 0.717) is 11.6 Å². The smallest absolute Gasteiger partial charge is 0.336 e. The number of allylic oxidation sites excluding steroid dienone is 1. The number of carbonyl (C=O) groups is 2. The van der Waals surface area contributed by atoms with Gasteiger partial charge in [0.05, 0.1) is 11.1 Å². The zero-order valence-electron chi connectivity index (χ0n) is 12.0. The molecule has 0 aliphatic carbocycles. The van der Waals surface area contributed by atoms with Crippen molar-refractivity contribution < 1.29 is 40.2 Å². The summed E-state index contributed by atoms with van der Waals surface area (Å²) in [7, 11) is 0. The predicted molar refractivity (Wildman–Crippen MR) is 81.5 cm³/mol. The first-order valence-corrected chi connectivity index (χ1v) is 6.48. The summed E-state index contributed by atoms with van der Waals surface area (Å²) in [4.78, 5) is 23.3. The second-order valence-electron chi connectivity index (χ2n) is 4.77. The summed E-state index contributed by atoms with van der Waals surface area (Å²) in [6, 6.07) is 4.37. The third-order valence-corrected chi connectivity index (χ3v) is 3.16. The first-order valence-electron chi connectivity index (χ1n) is 6.48. The highest BCUT2D eigenvalue weighted by molar-refractivity contribution is 6.15. The van der Waals surface area contributed by atoms with Crippen LogP contribution in [0.5, 0.6) is 28.7 Å². The summed E-state index contributed by atoms with van der Waals surface area (Å²) in [6.07, 6.45) is 2.11. The lowest BCUT2D eigenvalue weighted by Crippen LogP contribution is -2.07. The summed E-state index contributed by atoms with van der Waals surface area (Å²) >= 11 is 0. The summed E-state index contributed by atoms with van der Waals surface area (Å²) < 4.78 is 0. The Morgan fingerprint density at radius 1 is 0.833 bits per heavy atom. The van der Waals surface area contributed by atoms with Crippen molar-refractivity contribution in [2.45, 2.75) is 0 Å². The number of hydrogen-bond donors (Lipinski definition) is 6. The molecule has 2 aromatic carbocycles. The maximum Gasteiger partial charge on any atom is 0.336 e. The van der Waals surface area contributed by atoms with Crippen molar-refractivity contribution in [3.05, 3.63) is 47.0 Å². The third-order valence-electron chi connectivity index (χ3n) is 3.16. The third kappa shape index (κ3) is 3.07. The van der Waals surface area contributed by atoms with Crippen LogP contribution in [0, 0.1) is 0 Å². The van der Waals surface area contributed by atoms with Crippen molar-refractivity contribution in [1.29, 1.82) is 0 Å². The van der Waals surface area contributed by atoms with Gasteiger partial charge < -0.3 is 30.6 Å². The average Bonchev–Trinajstić information content (AvgIpc) is 2.53. The van der Waals surface area contributed by atoms with Crippen molar-refractivity contribution in [3.63, 3.8) is 0 Å². The van der Waals surface area contributed by atoms with E-state index in [0.717, 1.165) is 12.1 Å². The Hall–Kier alpha value is -3.68. The lowest BCUT2D eigenvalue weighted by atomic mass is 10.00. The van der Waals surface area contributed by atoms with Gasteiger partial charge in [-0.1, -0.05) is 12.1 Å². The molecule has 0 bridgehead atoms. The van der Waals surface area contributed by atoms with Gasteiger partial charge >= 0.3 is 5.97 Å². The molecule has 124 valence electrons. The van der Waals surface area contributed by atoms with Gasteiger partial charge in [-0.05, 0) is 29.8 Å². The molecule has 0 unspecified atom stereocenters. The Morgan fingerprint density at radius 3 is 2.08 bits per heavy atom. The Bertz CT molecular complexity index is 867. The molecule has 0 atom stereocenters. The molecule has 0 aliphatic heterocycles. The number of benzene rings is 2. The fraction of sp³-hybridized carbons (Fsp3) is 0. The fourth-order valence-electron chi connectivity index (χ4n) is 1.96. The van der Waals surface area contributed by atoms with Crippen molar-refractivity contribution in [2.24, 2.45) is 0 Å². The van der Waals surface area contributed by atoms with Crippen molar-refractivity contribution >= 4 is 17.8 Å². The summed E-state index contributed by atoms with van der Waals surface area (Å²) in [5.41, 5.74) is -1.07. The monoisotopic (exact) mass is 332 g/mol. The number of ketones is 1. The van der Waals surface area contributed by atoms with Gasteiger partial charge in [0.15, 0.2) is 28.8 Å². The minimum atomic E-state index is -1.58. The highest BCUT2D eigenvalue weighted by Crippen LogP contribution is 2.40. The van der Waals surface area contributed by atoms with E-state index in [1.165, 1.54) is 18.2 Å². The number of aromatic hydroxyl groups is 5. The van der Waals surface area contributed by atoms with E-state index < -0.39 is 45.9 Å². The summed E-state index contributed by atoms with van der Waals surface area (Å²) in [5.74, 6) is -6.26. The fourth-order valence-corrected chi connectivity index (χ4v) is 1.96. The predicted octanol–water partition coefficient (Wildman–Crippen LogP) is 1.81. The first-order chi connectivity index (χ1) is 11.2. The van der Waals surface area contributed by atoms with E-state index in [1.54, 1.807) is 0 Å². The van der Waals surface area contributed by atoms with Gasteiger partial charge in [0.2, 0.25) is 5.75 Å². The maximum absolute atomic E-state index is 12.2. The molecular formula is C16H12O8. The molecule has 8 nitrogen and oxygen atoms in total. The largest absolute Gasteiger partial charge is 0.504 e. The molecule has 24 heavy (non-hydrogen) atoms. The number of carboxylic acids is 1. The van der Waals surface area contributed by atoms with E-state index in [-0.39, 0.29) is 5.75 Å². The molecule has 6 N–H and O–H groups in total. The Morgan fingerprint density at radius 2 is 1.50 bits per heavy atom. The van der Waals surface area contributed by atoms with Crippen LogP contribution in [0.2, 0.25) is 0 Å². The molecule has 0 saturated carbocycles. The van der Waals surface area contributed by atoms with Crippen LogP contribution in [0.1, 0.15) is 26.3 Å². The van der Waals surface area contributed by atoms with Gasteiger partial charge in [-0.15, -0.1) is 0 Å². The Balaban J connectivity index is 2.46. The normalized spacial score (nSPS) is 10.8. The van der Waals surface area contributed by atoms with Crippen LogP contribution in [-0.2, 0) is 0 Å². The van der Waals surface area contributed by atoms with Crippen molar-refractivity contribution in [2.75, 3.05) is 0 Å². The van der Waals surface area contributed by atoms with Gasteiger partial charge in [0.1, 0.15) is 0 Å². The molecule has 0 amide bonds. The number of carbonyl (C=O) groups excluding carboxylic acids is 1. The van der Waals surface area contributed by atoms with Crippen LogP contribution in [-0.4, -0.2) is 42.4 Å². The quantitative estimate of drug-likeness (QED) is 0.281. The minimum Gasteiger partial charge on any atom is -0.504 e. The van der Waals surface area contributed by atoms with Gasteiger partial charge in [-0.3, -0.25) is 4.79 Å². The number of hydrogen-bond acceptors (Lipinski definition) is 7. The molecular weight excluding hydrogens is 320 g/mol. The summed E-state index contributed by atoms with van der Waals surface area (Å²) in [6.45, 7) is 0. The van der Waals surface area contributed by atoms with Gasteiger partial charge in [-0.25, -0.2) is 4.79 Å². The molecule has 0 saturated heterocycles. The van der Waals surface area contributed by atoms with Crippen molar-refractivity contribution in [3.8, 4) is 28.7 Å². The highest BCUT2D eigenvalue weighted by Gasteiger charge is 2.24. The minimum absolute atomic E-state index is 0.318. The number of phenolic OH excluding ortho intramolecular Hbond substituents is 5. The van der Waals surface area contributed by atoms with Crippen molar-refractivity contribution in [1.82, 2.24) is 0 Å². The van der Waals surface area contributed by atoms with Crippen LogP contribution in [0.15, 0.2) is 30.3 Å². The Labute approximate surface area is 134 Å². The lowest BCUT2D eigenvalue weighted by Gasteiger charge is -2.09.